The van der Waals surface area contributed by atoms with E-state index in [0.29, 0.717) is 22.3 Å². The largest absolute Gasteiger partial charge is 0.302 e. The van der Waals surface area contributed by atoms with Crippen LogP contribution < -0.4 is 5.32 Å². The van der Waals surface area contributed by atoms with Gasteiger partial charge in [-0.1, -0.05) is 29.8 Å². The minimum atomic E-state index is -3.07. The molecule has 0 radical (unpaired) electrons. The van der Waals surface area contributed by atoms with E-state index in [-0.39, 0.29) is 17.4 Å². The second kappa shape index (κ2) is 5.98. The SMILES string of the molecule is O=C(Nc1nc(-c2ccccc2Cl)cs1)[C@H]1CCS(=O)(=O)C1. The first kappa shape index (κ1) is 15.5. The van der Waals surface area contributed by atoms with Gasteiger partial charge < -0.3 is 5.32 Å². The molecule has 0 aliphatic carbocycles. The lowest BCUT2D eigenvalue weighted by Gasteiger charge is -2.06. The molecule has 116 valence electrons. The summed E-state index contributed by atoms with van der Waals surface area (Å²) in [7, 11) is -3.07. The molecule has 1 saturated heterocycles. The number of nitrogens with one attached hydrogen (secondary N) is 1. The van der Waals surface area contributed by atoms with E-state index in [0.717, 1.165) is 5.56 Å². The molecule has 0 spiro atoms. The van der Waals surface area contributed by atoms with Gasteiger partial charge >= 0.3 is 0 Å². The molecule has 1 aliphatic rings. The summed E-state index contributed by atoms with van der Waals surface area (Å²) in [5.74, 6) is -0.783. The molecule has 1 atom stereocenters. The summed E-state index contributed by atoms with van der Waals surface area (Å²) in [5, 5.41) is 5.54. The summed E-state index contributed by atoms with van der Waals surface area (Å²) < 4.78 is 22.8. The van der Waals surface area contributed by atoms with E-state index in [4.69, 9.17) is 11.6 Å². The Bertz CT molecular complexity index is 817. The predicted molar refractivity (Wildman–Crippen MR) is 88.0 cm³/mol. The Kier molecular flexibility index (Phi) is 4.20. The third-order valence-corrected chi connectivity index (χ3v) is 6.34. The standard InChI is InChI=1S/C14H13ClN2O3S2/c15-11-4-2-1-3-10(11)12-7-21-14(16-12)17-13(18)9-5-6-22(19,20)8-9/h1-4,7,9H,5-6,8H2,(H,16,17,18)/t9-/m0/s1. The number of anilines is 1. The zero-order chi connectivity index (χ0) is 15.7. The van der Waals surface area contributed by atoms with Crippen molar-refractivity contribution in [2.24, 2.45) is 5.92 Å². The number of aromatic nitrogens is 1. The Labute approximate surface area is 137 Å². The smallest absolute Gasteiger partial charge is 0.230 e. The highest BCUT2D eigenvalue weighted by Crippen LogP contribution is 2.30. The van der Waals surface area contributed by atoms with Crippen LogP contribution in [0.4, 0.5) is 5.13 Å². The third kappa shape index (κ3) is 3.31. The highest BCUT2D eigenvalue weighted by molar-refractivity contribution is 7.91. The molecule has 2 aromatic rings. The van der Waals surface area contributed by atoms with Crippen LogP contribution in [0.3, 0.4) is 0 Å². The van der Waals surface area contributed by atoms with Crippen molar-refractivity contribution in [1.29, 1.82) is 0 Å². The first-order chi connectivity index (χ1) is 10.4. The van der Waals surface area contributed by atoms with Crippen molar-refractivity contribution in [3.8, 4) is 11.3 Å². The van der Waals surface area contributed by atoms with Crippen molar-refractivity contribution in [2.75, 3.05) is 16.8 Å². The maximum absolute atomic E-state index is 12.1. The monoisotopic (exact) mass is 356 g/mol. The van der Waals surface area contributed by atoms with Crippen molar-refractivity contribution < 1.29 is 13.2 Å². The van der Waals surface area contributed by atoms with Gasteiger partial charge in [-0.15, -0.1) is 11.3 Å². The van der Waals surface area contributed by atoms with Crippen molar-refractivity contribution in [3.63, 3.8) is 0 Å². The summed E-state index contributed by atoms with van der Waals surface area (Å²) >= 11 is 7.41. The normalized spacial score (nSPS) is 20.0. The van der Waals surface area contributed by atoms with Gasteiger partial charge in [-0.25, -0.2) is 13.4 Å². The van der Waals surface area contributed by atoms with Crippen LogP contribution >= 0.6 is 22.9 Å². The number of nitrogens with zero attached hydrogens (tertiary/aromatic N) is 1. The number of thiazole rings is 1. The van der Waals surface area contributed by atoms with E-state index in [9.17, 15) is 13.2 Å². The number of hydrogen-bond acceptors (Lipinski definition) is 5. The second-order valence-electron chi connectivity index (χ2n) is 5.11. The molecular formula is C14H13ClN2O3S2. The number of amides is 1. The summed E-state index contributed by atoms with van der Waals surface area (Å²) in [6, 6.07) is 7.33. The van der Waals surface area contributed by atoms with Gasteiger partial charge in [-0.05, 0) is 12.5 Å². The average molecular weight is 357 g/mol. The van der Waals surface area contributed by atoms with E-state index in [1.54, 1.807) is 6.07 Å². The Morgan fingerprint density at radius 1 is 1.36 bits per heavy atom. The minimum Gasteiger partial charge on any atom is -0.302 e. The summed E-state index contributed by atoms with van der Waals surface area (Å²) in [4.78, 5) is 16.4. The zero-order valence-electron chi connectivity index (χ0n) is 11.5. The van der Waals surface area contributed by atoms with Crippen LogP contribution in [-0.4, -0.2) is 30.8 Å². The predicted octanol–water partition coefficient (Wildman–Crippen LogP) is 2.84. The van der Waals surface area contributed by atoms with Gasteiger partial charge in [0.25, 0.3) is 0 Å². The Morgan fingerprint density at radius 2 is 2.14 bits per heavy atom. The van der Waals surface area contributed by atoms with Crippen LogP contribution in [0.1, 0.15) is 6.42 Å². The Hall–Kier alpha value is -1.44. The molecule has 0 bridgehead atoms. The number of hydrogen-bond donors (Lipinski definition) is 1. The van der Waals surface area contributed by atoms with Crippen LogP contribution in [-0.2, 0) is 14.6 Å². The Morgan fingerprint density at radius 3 is 2.82 bits per heavy atom. The van der Waals surface area contributed by atoms with Gasteiger partial charge in [-0.3, -0.25) is 4.79 Å². The number of carbonyl (C=O) groups is 1. The number of halogens is 1. The number of sulfone groups is 1. The molecule has 1 N–H and O–H groups in total. The first-order valence-corrected chi connectivity index (χ1v) is 9.74. The van der Waals surface area contributed by atoms with Crippen molar-refractivity contribution in [1.82, 2.24) is 4.98 Å². The number of benzene rings is 1. The highest BCUT2D eigenvalue weighted by atomic mass is 35.5. The van der Waals surface area contributed by atoms with Crippen molar-refractivity contribution in [2.45, 2.75) is 6.42 Å². The molecule has 1 aromatic carbocycles. The minimum absolute atomic E-state index is 0.0772. The molecule has 1 amide bonds. The van der Waals surface area contributed by atoms with Crippen LogP contribution in [0.5, 0.6) is 0 Å². The lowest BCUT2D eigenvalue weighted by Crippen LogP contribution is -2.23. The molecule has 22 heavy (non-hydrogen) atoms. The van der Waals surface area contributed by atoms with Crippen molar-refractivity contribution in [3.05, 3.63) is 34.7 Å². The molecule has 1 aromatic heterocycles. The lowest BCUT2D eigenvalue weighted by molar-refractivity contribution is -0.119. The van der Waals surface area contributed by atoms with E-state index >= 15 is 0 Å². The van der Waals surface area contributed by atoms with Gasteiger partial charge in [-0.2, -0.15) is 0 Å². The van der Waals surface area contributed by atoms with E-state index in [2.05, 4.69) is 10.3 Å². The van der Waals surface area contributed by atoms with Gasteiger partial charge in [0.2, 0.25) is 5.91 Å². The van der Waals surface area contributed by atoms with E-state index < -0.39 is 15.8 Å². The maximum Gasteiger partial charge on any atom is 0.230 e. The van der Waals surface area contributed by atoms with Gasteiger partial charge in [0.15, 0.2) is 15.0 Å². The molecule has 2 heterocycles. The van der Waals surface area contributed by atoms with Crippen LogP contribution in [0, 0.1) is 5.92 Å². The molecule has 8 heteroatoms. The fourth-order valence-electron chi connectivity index (χ4n) is 2.33. The molecule has 1 fully saturated rings. The fraction of sp³-hybridized carbons (Fsp3) is 0.286. The highest BCUT2D eigenvalue weighted by Gasteiger charge is 2.33. The number of carbonyl (C=O) groups excluding carboxylic acids is 1. The topological polar surface area (TPSA) is 76.1 Å². The fourth-order valence-corrected chi connectivity index (χ4v) is 5.02. The van der Waals surface area contributed by atoms with Crippen molar-refractivity contribution >= 4 is 43.8 Å². The molecule has 3 rings (SSSR count). The molecule has 1 aliphatic heterocycles. The van der Waals surface area contributed by atoms with Crippen LogP contribution in [0.15, 0.2) is 29.6 Å². The molecule has 0 saturated carbocycles. The molecule has 0 unspecified atom stereocenters. The Balaban J connectivity index is 1.73. The first-order valence-electron chi connectivity index (χ1n) is 6.66. The van der Waals surface area contributed by atoms with E-state index in [1.165, 1.54) is 11.3 Å². The average Bonchev–Trinajstić information content (AvgIpc) is 3.06. The molecular weight excluding hydrogens is 344 g/mol. The summed E-state index contributed by atoms with van der Waals surface area (Å²) in [6.45, 7) is 0. The maximum atomic E-state index is 12.1. The summed E-state index contributed by atoms with van der Waals surface area (Å²) in [5.41, 5.74) is 1.48. The molecule has 5 nitrogen and oxygen atoms in total. The van der Waals surface area contributed by atoms with Gasteiger partial charge in [0.1, 0.15) is 0 Å². The van der Waals surface area contributed by atoms with Gasteiger partial charge in [0.05, 0.1) is 23.1 Å². The van der Waals surface area contributed by atoms with Crippen LogP contribution in [0.25, 0.3) is 11.3 Å². The zero-order valence-corrected chi connectivity index (χ0v) is 13.8. The van der Waals surface area contributed by atoms with Gasteiger partial charge in [0, 0.05) is 16.0 Å². The quantitative estimate of drug-likeness (QED) is 0.917. The van der Waals surface area contributed by atoms with E-state index in [1.807, 2.05) is 23.6 Å². The second-order valence-corrected chi connectivity index (χ2v) is 8.60. The number of rotatable bonds is 3. The summed E-state index contributed by atoms with van der Waals surface area (Å²) in [6.07, 6.45) is 0.372. The van der Waals surface area contributed by atoms with Crippen LogP contribution in [0.2, 0.25) is 5.02 Å². The third-order valence-electron chi connectivity index (χ3n) is 3.49. The lowest BCUT2D eigenvalue weighted by atomic mass is 10.1.